The first-order valence-electron chi connectivity index (χ1n) is 7.47. The summed E-state index contributed by atoms with van der Waals surface area (Å²) in [7, 11) is 0. The van der Waals surface area contributed by atoms with Gasteiger partial charge in [0.25, 0.3) is 0 Å². The molecule has 2 fully saturated rings. The lowest BCUT2D eigenvalue weighted by Gasteiger charge is -2.24. The molecule has 0 aromatic heterocycles. The predicted molar refractivity (Wildman–Crippen MR) is 74.3 cm³/mol. The Bertz CT molecular complexity index is 236. The van der Waals surface area contributed by atoms with Gasteiger partial charge in [-0.2, -0.15) is 0 Å². The molecule has 1 spiro atoms. The summed E-state index contributed by atoms with van der Waals surface area (Å²) in [6.45, 7) is 11.9. The maximum absolute atomic E-state index is 3.58. The summed E-state index contributed by atoms with van der Waals surface area (Å²) in [6, 6.07) is 0. The molecule has 1 heterocycles. The maximum Gasteiger partial charge on any atom is 0.00965 e. The van der Waals surface area contributed by atoms with Crippen molar-refractivity contribution in [2.24, 2.45) is 5.41 Å². The molecule has 2 rings (SSSR count). The van der Waals surface area contributed by atoms with E-state index in [9.17, 15) is 0 Å². The molecule has 1 aliphatic heterocycles. The Kier molecular flexibility index (Phi) is 4.14. The molecule has 100 valence electrons. The topological polar surface area (TPSA) is 15.3 Å². The van der Waals surface area contributed by atoms with Crippen molar-refractivity contribution in [2.45, 2.75) is 64.8 Å². The van der Waals surface area contributed by atoms with E-state index in [1.54, 1.807) is 0 Å². The van der Waals surface area contributed by atoms with E-state index < -0.39 is 0 Å². The molecule has 1 aliphatic carbocycles. The Balaban J connectivity index is 1.62. The second-order valence-corrected chi connectivity index (χ2v) is 7.26. The smallest absolute Gasteiger partial charge is 0.00965 e. The van der Waals surface area contributed by atoms with E-state index in [0.717, 1.165) is 12.0 Å². The molecule has 0 radical (unpaired) electrons. The van der Waals surface area contributed by atoms with Gasteiger partial charge in [0, 0.05) is 12.1 Å². The predicted octanol–water partition coefficient (Wildman–Crippen LogP) is 3.03. The summed E-state index contributed by atoms with van der Waals surface area (Å²) in [6.07, 6.45) is 8.75. The van der Waals surface area contributed by atoms with Crippen LogP contribution in [-0.2, 0) is 0 Å². The van der Waals surface area contributed by atoms with Crippen LogP contribution >= 0.6 is 0 Å². The van der Waals surface area contributed by atoms with Crippen LogP contribution in [-0.4, -0.2) is 36.6 Å². The van der Waals surface area contributed by atoms with Crippen molar-refractivity contribution < 1.29 is 0 Å². The summed E-state index contributed by atoms with van der Waals surface area (Å²) in [5, 5.41) is 3.58. The van der Waals surface area contributed by atoms with Crippen LogP contribution in [0.5, 0.6) is 0 Å². The van der Waals surface area contributed by atoms with E-state index in [0.29, 0.717) is 0 Å². The molecule has 1 saturated carbocycles. The molecule has 1 saturated heterocycles. The lowest BCUT2D eigenvalue weighted by atomic mass is 9.86. The second-order valence-electron chi connectivity index (χ2n) is 7.26. The van der Waals surface area contributed by atoms with Gasteiger partial charge < -0.3 is 10.2 Å². The van der Waals surface area contributed by atoms with E-state index in [2.05, 4.69) is 31.0 Å². The number of nitrogens with zero attached hydrogens (tertiary/aromatic N) is 1. The van der Waals surface area contributed by atoms with E-state index >= 15 is 0 Å². The van der Waals surface area contributed by atoms with Gasteiger partial charge in [-0.3, -0.25) is 0 Å². The third-order valence-corrected chi connectivity index (χ3v) is 4.49. The zero-order valence-electron chi connectivity index (χ0n) is 12.0. The molecule has 0 aromatic carbocycles. The van der Waals surface area contributed by atoms with Crippen LogP contribution in [0.25, 0.3) is 0 Å². The SMILES string of the molecule is CC(C)(C)NCCCN1CCC2(CCCC2)C1. The highest BCUT2D eigenvalue weighted by atomic mass is 15.2. The lowest BCUT2D eigenvalue weighted by Crippen LogP contribution is -2.37. The van der Waals surface area contributed by atoms with Crippen LogP contribution in [0.15, 0.2) is 0 Å². The van der Waals surface area contributed by atoms with Gasteiger partial charge in [0.05, 0.1) is 0 Å². The summed E-state index contributed by atoms with van der Waals surface area (Å²) in [5.41, 5.74) is 1.02. The maximum atomic E-state index is 3.58. The van der Waals surface area contributed by atoms with Gasteiger partial charge in [0.1, 0.15) is 0 Å². The first-order valence-corrected chi connectivity index (χ1v) is 7.47. The molecule has 1 N–H and O–H groups in total. The van der Waals surface area contributed by atoms with Crippen molar-refractivity contribution in [3.05, 3.63) is 0 Å². The fraction of sp³-hybridized carbons (Fsp3) is 1.00. The molecule has 17 heavy (non-hydrogen) atoms. The molecule has 0 amide bonds. The summed E-state index contributed by atoms with van der Waals surface area (Å²) >= 11 is 0. The Labute approximate surface area is 107 Å². The monoisotopic (exact) mass is 238 g/mol. The van der Waals surface area contributed by atoms with Crippen LogP contribution in [0.4, 0.5) is 0 Å². The number of hydrogen-bond donors (Lipinski definition) is 1. The Morgan fingerprint density at radius 3 is 2.47 bits per heavy atom. The molecule has 2 aliphatic rings. The number of hydrogen-bond acceptors (Lipinski definition) is 2. The minimum Gasteiger partial charge on any atom is -0.312 e. The molecule has 0 atom stereocenters. The zero-order chi connectivity index (χ0) is 12.4. The van der Waals surface area contributed by atoms with Crippen molar-refractivity contribution >= 4 is 0 Å². The second kappa shape index (κ2) is 5.27. The fourth-order valence-corrected chi connectivity index (χ4v) is 3.52. The van der Waals surface area contributed by atoms with Gasteiger partial charge in [-0.05, 0) is 71.5 Å². The summed E-state index contributed by atoms with van der Waals surface area (Å²) in [5.74, 6) is 0. The van der Waals surface area contributed by atoms with Crippen molar-refractivity contribution in [2.75, 3.05) is 26.2 Å². The molecular formula is C15H30N2. The molecule has 2 heteroatoms. The first kappa shape index (κ1) is 13.4. The molecule has 0 unspecified atom stereocenters. The van der Waals surface area contributed by atoms with E-state index in [-0.39, 0.29) is 5.54 Å². The minimum absolute atomic E-state index is 0.275. The first-order chi connectivity index (χ1) is 7.99. The number of rotatable bonds is 4. The van der Waals surface area contributed by atoms with Crippen molar-refractivity contribution in [3.63, 3.8) is 0 Å². The summed E-state index contributed by atoms with van der Waals surface area (Å²) < 4.78 is 0. The van der Waals surface area contributed by atoms with Crippen LogP contribution in [0.3, 0.4) is 0 Å². The molecule has 0 bridgehead atoms. The van der Waals surface area contributed by atoms with E-state index in [1.807, 2.05) is 0 Å². The van der Waals surface area contributed by atoms with E-state index in [4.69, 9.17) is 0 Å². The largest absolute Gasteiger partial charge is 0.312 e. The van der Waals surface area contributed by atoms with Gasteiger partial charge in [0.2, 0.25) is 0 Å². The third-order valence-electron chi connectivity index (χ3n) is 4.49. The summed E-state index contributed by atoms with van der Waals surface area (Å²) in [4.78, 5) is 2.70. The quantitative estimate of drug-likeness (QED) is 0.757. The highest BCUT2D eigenvalue weighted by Gasteiger charge is 2.39. The zero-order valence-corrected chi connectivity index (χ0v) is 12.0. The van der Waals surface area contributed by atoms with Crippen LogP contribution in [0.1, 0.15) is 59.3 Å². The average molecular weight is 238 g/mol. The number of likely N-dealkylation sites (tertiary alicyclic amines) is 1. The van der Waals surface area contributed by atoms with Crippen molar-refractivity contribution in [1.29, 1.82) is 0 Å². The van der Waals surface area contributed by atoms with Crippen LogP contribution in [0.2, 0.25) is 0 Å². The van der Waals surface area contributed by atoms with Crippen molar-refractivity contribution in [1.82, 2.24) is 10.2 Å². The van der Waals surface area contributed by atoms with Gasteiger partial charge in [-0.15, -0.1) is 0 Å². The Hall–Kier alpha value is -0.0800. The van der Waals surface area contributed by atoms with Gasteiger partial charge in [0.15, 0.2) is 0 Å². The molecule has 0 aromatic rings. The van der Waals surface area contributed by atoms with Gasteiger partial charge in [-0.1, -0.05) is 12.8 Å². The Morgan fingerprint density at radius 2 is 1.82 bits per heavy atom. The van der Waals surface area contributed by atoms with Gasteiger partial charge >= 0.3 is 0 Å². The highest BCUT2D eigenvalue weighted by Crippen LogP contribution is 2.45. The minimum atomic E-state index is 0.275. The molecule has 2 nitrogen and oxygen atoms in total. The van der Waals surface area contributed by atoms with Crippen LogP contribution < -0.4 is 5.32 Å². The standard InChI is InChI=1S/C15H30N2/c1-14(2,3)16-10-6-11-17-12-9-15(13-17)7-4-5-8-15/h16H,4-13H2,1-3H3. The Morgan fingerprint density at radius 1 is 1.12 bits per heavy atom. The fourth-order valence-electron chi connectivity index (χ4n) is 3.52. The number of nitrogens with one attached hydrogen (secondary N) is 1. The lowest BCUT2D eigenvalue weighted by molar-refractivity contribution is 0.256. The third kappa shape index (κ3) is 3.96. The highest BCUT2D eigenvalue weighted by molar-refractivity contribution is 4.93. The molecular weight excluding hydrogens is 208 g/mol. The normalized spacial score (nSPS) is 24.9. The van der Waals surface area contributed by atoms with Crippen molar-refractivity contribution in [3.8, 4) is 0 Å². The van der Waals surface area contributed by atoms with Gasteiger partial charge in [-0.25, -0.2) is 0 Å². The van der Waals surface area contributed by atoms with E-state index in [1.165, 1.54) is 58.2 Å². The van der Waals surface area contributed by atoms with Crippen LogP contribution in [0, 0.1) is 5.41 Å². The average Bonchev–Trinajstić information content (AvgIpc) is 2.84.